The van der Waals surface area contributed by atoms with Crippen LogP contribution in [0, 0.1) is 0 Å². The molecule has 0 radical (unpaired) electrons. The minimum atomic E-state index is 0.436. The van der Waals surface area contributed by atoms with Crippen molar-refractivity contribution in [2.45, 2.75) is 51.8 Å². The first-order valence-electron chi connectivity index (χ1n) is 5.72. The molecule has 0 saturated carbocycles. The molecule has 1 aliphatic heterocycles. The first-order chi connectivity index (χ1) is 6.65. The summed E-state index contributed by atoms with van der Waals surface area (Å²) in [7, 11) is 0. The summed E-state index contributed by atoms with van der Waals surface area (Å²) in [5, 5.41) is 0. The molecule has 0 aliphatic carbocycles. The summed E-state index contributed by atoms with van der Waals surface area (Å²) in [4.78, 5) is 2.44. The van der Waals surface area contributed by atoms with Crippen LogP contribution in [0.15, 0.2) is 0 Å². The highest BCUT2D eigenvalue weighted by Crippen LogP contribution is 2.16. The van der Waals surface area contributed by atoms with Gasteiger partial charge in [0.1, 0.15) is 0 Å². The van der Waals surface area contributed by atoms with Crippen LogP contribution in [0.1, 0.15) is 33.6 Å². The third kappa shape index (κ3) is 3.23. The Morgan fingerprint density at radius 3 is 2.57 bits per heavy atom. The Labute approximate surface area is 87.6 Å². The molecule has 3 heteroatoms. The van der Waals surface area contributed by atoms with Crippen LogP contribution in [0.5, 0.6) is 0 Å². The van der Waals surface area contributed by atoms with Crippen LogP contribution in [-0.2, 0) is 4.74 Å². The van der Waals surface area contributed by atoms with Crippen molar-refractivity contribution in [1.29, 1.82) is 0 Å². The van der Waals surface area contributed by atoms with Crippen LogP contribution in [0.4, 0.5) is 0 Å². The van der Waals surface area contributed by atoms with Crippen molar-refractivity contribution in [2.75, 3.05) is 19.7 Å². The molecule has 2 unspecified atom stereocenters. The monoisotopic (exact) mass is 200 g/mol. The van der Waals surface area contributed by atoms with Crippen LogP contribution in [0.3, 0.4) is 0 Å². The molecule has 2 atom stereocenters. The molecule has 2 N–H and O–H groups in total. The summed E-state index contributed by atoms with van der Waals surface area (Å²) >= 11 is 0. The Hall–Kier alpha value is -0.120. The van der Waals surface area contributed by atoms with Gasteiger partial charge in [0.05, 0.1) is 6.10 Å². The fourth-order valence-corrected chi connectivity index (χ4v) is 2.06. The Morgan fingerprint density at radius 2 is 2.14 bits per heavy atom. The van der Waals surface area contributed by atoms with Crippen LogP contribution >= 0.6 is 0 Å². The molecule has 84 valence electrons. The number of rotatable bonds is 5. The molecule has 1 aliphatic rings. The Morgan fingerprint density at radius 1 is 1.43 bits per heavy atom. The van der Waals surface area contributed by atoms with Gasteiger partial charge in [0.25, 0.3) is 0 Å². The third-order valence-corrected chi connectivity index (χ3v) is 3.01. The summed E-state index contributed by atoms with van der Waals surface area (Å²) in [5.41, 5.74) is 5.70. The highest BCUT2D eigenvalue weighted by atomic mass is 16.5. The lowest BCUT2D eigenvalue weighted by Gasteiger charge is -2.33. The van der Waals surface area contributed by atoms with E-state index in [1.807, 2.05) is 0 Å². The number of nitrogens with zero attached hydrogens (tertiary/aromatic N) is 1. The van der Waals surface area contributed by atoms with E-state index in [4.69, 9.17) is 10.5 Å². The Kier molecular flexibility index (Phi) is 4.85. The van der Waals surface area contributed by atoms with E-state index in [-0.39, 0.29) is 0 Å². The van der Waals surface area contributed by atoms with Crippen LogP contribution in [0.25, 0.3) is 0 Å². The van der Waals surface area contributed by atoms with Crippen LogP contribution < -0.4 is 5.73 Å². The van der Waals surface area contributed by atoms with E-state index >= 15 is 0 Å². The van der Waals surface area contributed by atoms with E-state index in [1.54, 1.807) is 0 Å². The van der Waals surface area contributed by atoms with Gasteiger partial charge in [-0.05, 0) is 33.6 Å². The van der Waals surface area contributed by atoms with E-state index in [1.165, 1.54) is 12.8 Å². The number of hydrogen-bond acceptors (Lipinski definition) is 3. The van der Waals surface area contributed by atoms with Crippen molar-refractivity contribution in [2.24, 2.45) is 5.73 Å². The predicted molar refractivity (Wildman–Crippen MR) is 59.3 cm³/mol. The highest BCUT2D eigenvalue weighted by molar-refractivity contribution is 4.77. The second-order valence-electron chi connectivity index (χ2n) is 4.51. The maximum absolute atomic E-state index is 5.70. The van der Waals surface area contributed by atoms with Gasteiger partial charge in [-0.2, -0.15) is 0 Å². The topological polar surface area (TPSA) is 38.5 Å². The smallest absolute Gasteiger partial charge is 0.0703 e. The van der Waals surface area contributed by atoms with Gasteiger partial charge in [0.15, 0.2) is 0 Å². The minimum Gasteiger partial charge on any atom is -0.377 e. The molecular weight excluding hydrogens is 176 g/mol. The largest absolute Gasteiger partial charge is 0.377 e. The first-order valence-corrected chi connectivity index (χ1v) is 5.72. The van der Waals surface area contributed by atoms with E-state index < -0.39 is 0 Å². The van der Waals surface area contributed by atoms with E-state index in [0.29, 0.717) is 18.2 Å². The molecule has 0 spiro atoms. The fourth-order valence-electron chi connectivity index (χ4n) is 2.06. The van der Waals surface area contributed by atoms with E-state index in [0.717, 1.165) is 19.7 Å². The quantitative estimate of drug-likeness (QED) is 0.725. The van der Waals surface area contributed by atoms with Crippen LogP contribution in [0.2, 0.25) is 0 Å². The molecule has 0 aromatic rings. The molecule has 1 rings (SSSR count). The molecule has 0 aromatic carbocycles. The predicted octanol–water partition coefficient (Wildman–Crippen LogP) is 1.22. The number of nitrogens with two attached hydrogens (primary N) is 1. The normalized spacial score (nSPS) is 24.9. The second-order valence-corrected chi connectivity index (χ2v) is 4.51. The van der Waals surface area contributed by atoms with Gasteiger partial charge in [-0.25, -0.2) is 0 Å². The van der Waals surface area contributed by atoms with Crippen molar-refractivity contribution in [3.63, 3.8) is 0 Å². The van der Waals surface area contributed by atoms with Gasteiger partial charge in [0.2, 0.25) is 0 Å². The molecule has 1 saturated heterocycles. The molecular formula is C11H24N2O. The zero-order valence-corrected chi connectivity index (χ0v) is 9.70. The number of hydrogen-bond donors (Lipinski definition) is 1. The Bertz CT molecular complexity index is 155. The lowest BCUT2D eigenvalue weighted by atomic mass is 10.1. The molecule has 0 bridgehead atoms. The molecule has 1 fully saturated rings. The maximum atomic E-state index is 5.70. The average Bonchev–Trinajstić information content (AvgIpc) is 2.65. The van der Waals surface area contributed by atoms with Crippen molar-refractivity contribution in [1.82, 2.24) is 4.90 Å². The lowest BCUT2D eigenvalue weighted by Crippen LogP contribution is -2.46. The summed E-state index contributed by atoms with van der Waals surface area (Å²) in [6, 6.07) is 1.01. The second kappa shape index (κ2) is 5.69. The molecule has 3 nitrogen and oxygen atoms in total. The van der Waals surface area contributed by atoms with Crippen molar-refractivity contribution >= 4 is 0 Å². The summed E-state index contributed by atoms with van der Waals surface area (Å²) in [5.74, 6) is 0. The third-order valence-electron chi connectivity index (χ3n) is 3.01. The SMILES string of the molecule is CC(C)N(CC1CCCO1)C(C)CN. The van der Waals surface area contributed by atoms with Crippen molar-refractivity contribution < 1.29 is 4.74 Å². The zero-order chi connectivity index (χ0) is 10.6. The highest BCUT2D eigenvalue weighted by Gasteiger charge is 2.23. The molecule has 0 amide bonds. The van der Waals surface area contributed by atoms with Gasteiger partial charge in [-0.1, -0.05) is 0 Å². The van der Waals surface area contributed by atoms with E-state index in [2.05, 4.69) is 25.7 Å². The average molecular weight is 200 g/mol. The van der Waals surface area contributed by atoms with Gasteiger partial charge >= 0.3 is 0 Å². The van der Waals surface area contributed by atoms with Gasteiger partial charge in [0, 0.05) is 31.8 Å². The fraction of sp³-hybridized carbons (Fsp3) is 1.00. The summed E-state index contributed by atoms with van der Waals surface area (Å²) < 4.78 is 5.65. The Balaban J connectivity index is 2.41. The van der Waals surface area contributed by atoms with Gasteiger partial charge < -0.3 is 10.5 Å². The summed E-state index contributed by atoms with van der Waals surface area (Å²) in [6.07, 6.45) is 2.86. The summed E-state index contributed by atoms with van der Waals surface area (Å²) in [6.45, 7) is 9.34. The lowest BCUT2D eigenvalue weighted by molar-refractivity contribution is 0.0476. The van der Waals surface area contributed by atoms with Crippen LogP contribution in [-0.4, -0.2) is 42.8 Å². The first kappa shape index (κ1) is 12.0. The minimum absolute atomic E-state index is 0.436. The molecule has 0 aromatic heterocycles. The van der Waals surface area contributed by atoms with Gasteiger partial charge in [-0.15, -0.1) is 0 Å². The standard InChI is InChI=1S/C11H24N2O/c1-9(2)13(10(3)7-12)8-11-5-4-6-14-11/h9-11H,4-8,12H2,1-3H3. The van der Waals surface area contributed by atoms with Gasteiger partial charge in [-0.3, -0.25) is 4.90 Å². The molecule has 14 heavy (non-hydrogen) atoms. The number of ether oxygens (including phenoxy) is 1. The molecule has 1 heterocycles. The zero-order valence-electron chi connectivity index (χ0n) is 9.70. The van der Waals surface area contributed by atoms with Crippen molar-refractivity contribution in [3.8, 4) is 0 Å². The van der Waals surface area contributed by atoms with E-state index in [9.17, 15) is 0 Å². The van der Waals surface area contributed by atoms with Crippen molar-refractivity contribution in [3.05, 3.63) is 0 Å². The maximum Gasteiger partial charge on any atom is 0.0703 e.